The third kappa shape index (κ3) is 3.43. The van der Waals surface area contributed by atoms with Gasteiger partial charge in [0, 0.05) is 20.1 Å². The number of allylic oxidation sites excluding steroid dienone is 1. The highest BCUT2D eigenvalue weighted by atomic mass is 32.2. The number of guanidine groups is 1. The molecule has 22 heavy (non-hydrogen) atoms. The number of hydrogen-bond acceptors (Lipinski definition) is 7. The van der Waals surface area contributed by atoms with E-state index in [0.29, 0.717) is 19.1 Å². The van der Waals surface area contributed by atoms with Crippen molar-refractivity contribution < 1.29 is 17.9 Å². The number of rotatable bonds is 6. The summed E-state index contributed by atoms with van der Waals surface area (Å²) in [5.74, 6) is 0.0322. The lowest BCUT2D eigenvalue weighted by atomic mass is 10.2. The van der Waals surface area contributed by atoms with Crippen LogP contribution in [-0.4, -0.2) is 68.4 Å². The van der Waals surface area contributed by atoms with Crippen molar-refractivity contribution in [2.45, 2.75) is 25.1 Å². The van der Waals surface area contributed by atoms with Crippen LogP contribution in [0.3, 0.4) is 0 Å². The largest absolute Gasteiger partial charge is 0.483 e. The number of nitrogens with one attached hydrogen (secondary N) is 2. The smallest absolute Gasteiger partial charge is 0.241 e. The highest BCUT2D eigenvalue weighted by Gasteiger charge is 2.35. The Morgan fingerprint density at radius 2 is 1.86 bits per heavy atom. The summed E-state index contributed by atoms with van der Waals surface area (Å²) in [5.41, 5.74) is 5.26. The van der Waals surface area contributed by atoms with Crippen LogP contribution in [0.4, 0.5) is 0 Å². The molecule has 0 aromatic rings. The topological polar surface area (TPSA) is 133 Å². The molecular weight excluding hydrogens is 310 g/mol. The first-order chi connectivity index (χ1) is 10.1. The van der Waals surface area contributed by atoms with E-state index >= 15 is 0 Å². The number of nitrogens with zero attached hydrogens (tertiary/aromatic N) is 2. The molecule has 1 heterocycles. The quantitative estimate of drug-likeness (QED) is 0.452. The van der Waals surface area contributed by atoms with Gasteiger partial charge in [0.1, 0.15) is 13.2 Å². The third-order valence-electron chi connectivity index (χ3n) is 3.72. The van der Waals surface area contributed by atoms with Gasteiger partial charge < -0.3 is 25.5 Å². The summed E-state index contributed by atoms with van der Waals surface area (Å²) in [6.45, 7) is 3.92. The third-order valence-corrected chi connectivity index (χ3v) is 6.02. The van der Waals surface area contributed by atoms with E-state index in [1.165, 1.54) is 14.0 Å². The van der Waals surface area contributed by atoms with Gasteiger partial charge in [-0.25, -0.2) is 12.7 Å². The van der Waals surface area contributed by atoms with E-state index in [1.54, 1.807) is 18.9 Å². The molecule has 1 aliphatic heterocycles. The number of nitrogens with two attached hydrogens (primary N) is 1. The van der Waals surface area contributed by atoms with Crippen molar-refractivity contribution in [2.24, 2.45) is 5.73 Å². The molecule has 4 N–H and O–H groups in total. The second kappa shape index (κ2) is 6.86. The highest BCUT2D eigenvalue weighted by Crippen LogP contribution is 2.22. The van der Waals surface area contributed by atoms with Crippen LogP contribution in [0.2, 0.25) is 0 Å². The van der Waals surface area contributed by atoms with Crippen LogP contribution in [0.1, 0.15) is 13.8 Å². The average molecular weight is 333 g/mol. The van der Waals surface area contributed by atoms with E-state index in [2.05, 4.69) is 0 Å². The lowest BCUT2D eigenvalue weighted by molar-refractivity contribution is 0.0201. The molecule has 1 unspecified atom stereocenters. The van der Waals surface area contributed by atoms with Gasteiger partial charge in [0.05, 0.1) is 11.5 Å². The number of ether oxygens (including phenoxy) is 2. The van der Waals surface area contributed by atoms with Crippen molar-refractivity contribution in [2.75, 3.05) is 27.3 Å². The second-order valence-electron chi connectivity index (χ2n) is 4.96. The number of hydrogen-bond donors (Lipinski definition) is 3. The average Bonchev–Trinajstić information content (AvgIpc) is 2.51. The molecule has 0 aromatic heterocycles. The molecule has 126 valence electrons. The predicted molar refractivity (Wildman–Crippen MR) is 83.0 cm³/mol. The Kier molecular flexibility index (Phi) is 5.64. The molecule has 0 amide bonds. The molecule has 1 rings (SSSR count). The zero-order valence-corrected chi connectivity index (χ0v) is 14.0. The maximum atomic E-state index is 12.4. The lowest BCUT2D eigenvalue weighted by Crippen LogP contribution is -2.50. The van der Waals surface area contributed by atoms with Gasteiger partial charge in [-0.2, -0.15) is 0 Å². The fourth-order valence-electron chi connectivity index (χ4n) is 1.94. The first-order valence-corrected chi connectivity index (χ1v) is 8.19. The minimum absolute atomic E-state index is 0.255. The van der Waals surface area contributed by atoms with E-state index in [4.69, 9.17) is 26.0 Å². The van der Waals surface area contributed by atoms with Crippen LogP contribution in [0.15, 0.2) is 11.6 Å². The maximum Gasteiger partial charge on any atom is 0.241 e. The molecule has 0 bridgehead atoms. The zero-order valence-electron chi connectivity index (χ0n) is 13.2. The van der Waals surface area contributed by atoms with Gasteiger partial charge in [0.15, 0.2) is 5.76 Å². The predicted octanol–water partition coefficient (Wildman–Crippen LogP) is -0.284. The molecule has 9 nitrogen and oxygen atoms in total. The van der Waals surface area contributed by atoms with Crippen molar-refractivity contribution in [3.8, 4) is 0 Å². The van der Waals surface area contributed by atoms with Crippen molar-refractivity contribution in [3.05, 3.63) is 11.6 Å². The summed E-state index contributed by atoms with van der Waals surface area (Å²) in [7, 11) is -0.875. The molecular formula is C12H23N5O4S. The van der Waals surface area contributed by atoms with E-state index < -0.39 is 27.3 Å². The summed E-state index contributed by atoms with van der Waals surface area (Å²) in [4.78, 5) is 1.61. The summed E-state index contributed by atoms with van der Waals surface area (Å²) in [5, 5.41) is 13.8. The highest BCUT2D eigenvalue weighted by molar-refractivity contribution is 7.90. The Labute approximate surface area is 130 Å². The van der Waals surface area contributed by atoms with Gasteiger partial charge in [-0.1, -0.05) is 0 Å². The van der Waals surface area contributed by atoms with Crippen molar-refractivity contribution in [1.29, 1.82) is 10.8 Å². The van der Waals surface area contributed by atoms with Crippen molar-refractivity contribution in [3.63, 3.8) is 0 Å². The van der Waals surface area contributed by atoms with Crippen molar-refractivity contribution in [1.82, 2.24) is 9.21 Å². The van der Waals surface area contributed by atoms with Crippen LogP contribution < -0.4 is 5.73 Å². The molecule has 0 aliphatic carbocycles. The van der Waals surface area contributed by atoms with Gasteiger partial charge in [0.2, 0.25) is 21.9 Å². The molecule has 2 atom stereocenters. The molecule has 0 saturated heterocycles. The SMILES string of the molecule is CC([C@H](C)S(=O)(=O)N(C)C(=N)N)N(C)C1=C(C=N)OCCO1. The van der Waals surface area contributed by atoms with Gasteiger partial charge in [-0.3, -0.25) is 5.41 Å². The van der Waals surface area contributed by atoms with Crippen LogP contribution in [0.25, 0.3) is 0 Å². The van der Waals surface area contributed by atoms with Gasteiger partial charge >= 0.3 is 0 Å². The molecule has 0 saturated carbocycles. The van der Waals surface area contributed by atoms with Crippen LogP contribution >= 0.6 is 0 Å². The van der Waals surface area contributed by atoms with E-state index in [1.807, 2.05) is 0 Å². The first kappa shape index (κ1) is 18.1. The fourth-order valence-corrected chi connectivity index (χ4v) is 3.39. The fraction of sp³-hybridized carbons (Fsp3) is 0.667. The summed E-state index contributed by atoms with van der Waals surface area (Å²) in [6.07, 6.45) is 1.03. The Bertz CT molecular complexity index is 574. The maximum absolute atomic E-state index is 12.4. The summed E-state index contributed by atoms with van der Waals surface area (Å²) < 4.78 is 36.3. The second-order valence-corrected chi connectivity index (χ2v) is 7.29. The molecule has 0 fully saturated rings. The molecule has 0 aromatic carbocycles. The van der Waals surface area contributed by atoms with Crippen LogP contribution in [-0.2, 0) is 19.5 Å². The summed E-state index contributed by atoms with van der Waals surface area (Å²) >= 11 is 0. The van der Waals surface area contributed by atoms with E-state index in [-0.39, 0.29) is 5.76 Å². The van der Waals surface area contributed by atoms with Crippen LogP contribution in [0, 0.1) is 10.8 Å². The Morgan fingerprint density at radius 3 is 2.36 bits per heavy atom. The summed E-state index contributed by atoms with van der Waals surface area (Å²) in [6, 6.07) is -0.488. The molecule has 10 heteroatoms. The monoisotopic (exact) mass is 333 g/mol. The number of sulfonamides is 1. The minimum Gasteiger partial charge on any atom is -0.483 e. The van der Waals surface area contributed by atoms with Crippen LogP contribution in [0.5, 0.6) is 0 Å². The van der Waals surface area contributed by atoms with Gasteiger partial charge in [0.25, 0.3) is 0 Å². The van der Waals surface area contributed by atoms with Crippen molar-refractivity contribution >= 4 is 22.2 Å². The van der Waals surface area contributed by atoms with E-state index in [0.717, 1.165) is 10.5 Å². The minimum atomic E-state index is -3.78. The Balaban J connectivity index is 3.04. The molecule has 1 aliphatic rings. The normalized spacial score (nSPS) is 17.8. The first-order valence-electron chi connectivity index (χ1n) is 6.69. The Hall–Kier alpha value is -1.97. The molecule has 0 radical (unpaired) electrons. The molecule has 0 spiro atoms. The van der Waals surface area contributed by atoms with Gasteiger partial charge in [-0.05, 0) is 13.8 Å². The lowest BCUT2D eigenvalue weighted by Gasteiger charge is -2.35. The zero-order chi connectivity index (χ0) is 17.1. The van der Waals surface area contributed by atoms with E-state index in [9.17, 15) is 8.42 Å². The standard InChI is InChI=1S/C12H23N5O4S/c1-8(9(2)22(18,19)17(4)12(14)15)16(3)11-10(7-13)20-5-6-21-11/h7-9,13H,5-6H2,1-4H3,(H3,14,15)/t8?,9-/m0/s1. The Morgan fingerprint density at radius 1 is 1.32 bits per heavy atom. The van der Waals surface area contributed by atoms with Gasteiger partial charge in [-0.15, -0.1) is 0 Å².